The first-order valence-electron chi connectivity index (χ1n) is 5.57. The van der Waals surface area contributed by atoms with Gasteiger partial charge in [-0.1, -0.05) is 0 Å². The van der Waals surface area contributed by atoms with E-state index in [0.717, 1.165) is 31.9 Å². The second kappa shape index (κ2) is 5.64. The number of nitrogens with one attached hydrogen (secondary N) is 2. The van der Waals surface area contributed by atoms with Gasteiger partial charge in [-0.05, 0) is 32.7 Å². The van der Waals surface area contributed by atoms with Gasteiger partial charge in [-0.2, -0.15) is 0 Å². The van der Waals surface area contributed by atoms with Gasteiger partial charge >= 0.3 is 0 Å². The van der Waals surface area contributed by atoms with Gasteiger partial charge in [0, 0.05) is 18.3 Å². The minimum absolute atomic E-state index is 0.133. The average Bonchev–Trinajstić information content (AvgIpc) is 2.14. The van der Waals surface area contributed by atoms with Gasteiger partial charge in [-0.25, -0.2) is 21.6 Å². The zero-order valence-electron chi connectivity index (χ0n) is 10.1. The Hall–Kier alpha value is -0.180. The van der Waals surface area contributed by atoms with Crippen molar-refractivity contribution in [1.29, 1.82) is 0 Å². The molecule has 0 spiro atoms. The maximum Gasteiger partial charge on any atom is 0.226 e. The first-order chi connectivity index (χ1) is 7.72. The van der Waals surface area contributed by atoms with Gasteiger partial charge < -0.3 is 5.32 Å². The van der Waals surface area contributed by atoms with Crippen LogP contribution in [0.5, 0.6) is 0 Å². The van der Waals surface area contributed by atoms with Crippen LogP contribution in [0.3, 0.4) is 0 Å². The number of hydrogen-bond donors (Lipinski definition) is 2. The topological polar surface area (TPSA) is 92.3 Å². The lowest BCUT2D eigenvalue weighted by Crippen LogP contribution is -2.42. The van der Waals surface area contributed by atoms with Gasteiger partial charge in [0.1, 0.15) is 0 Å². The van der Waals surface area contributed by atoms with E-state index in [1.807, 2.05) is 7.05 Å². The van der Waals surface area contributed by atoms with Crippen LogP contribution < -0.4 is 10.0 Å². The molecule has 1 rings (SSSR count). The zero-order valence-corrected chi connectivity index (χ0v) is 11.8. The molecule has 0 aromatic heterocycles. The van der Waals surface area contributed by atoms with E-state index in [2.05, 4.69) is 10.0 Å². The third kappa shape index (κ3) is 5.80. The van der Waals surface area contributed by atoms with Crippen LogP contribution in [0.1, 0.15) is 25.7 Å². The molecule has 1 fully saturated rings. The van der Waals surface area contributed by atoms with Crippen molar-refractivity contribution in [3.8, 4) is 0 Å². The van der Waals surface area contributed by atoms with Gasteiger partial charge in [-0.3, -0.25) is 0 Å². The molecule has 17 heavy (non-hydrogen) atoms. The molecule has 0 heterocycles. The summed E-state index contributed by atoms with van der Waals surface area (Å²) in [5.41, 5.74) is 0. The van der Waals surface area contributed by atoms with Crippen molar-refractivity contribution in [3.63, 3.8) is 0 Å². The Bertz CT molecular complexity index is 436. The van der Waals surface area contributed by atoms with E-state index in [1.165, 1.54) is 0 Å². The third-order valence-electron chi connectivity index (χ3n) is 2.85. The summed E-state index contributed by atoms with van der Waals surface area (Å²) in [4.78, 5) is 0. The number of rotatable bonds is 5. The van der Waals surface area contributed by atoms with Crippen LogP contribution in [0.25, 0.3) is 0 Å². The fourth-order valence-electron chi connectivity index (χ4n) is 2.07. The van der Waals surface area contributed by atoms with E-state index in [4.69, 9.17) is 0 Å². The molecule has 0 saturated heterocycles. The molecule has 1 aliphatic carbocycles. The summed E-state index contributed by atoms with van der Waals surface area (Å²) in [5, 5.41) is 2.32. The SMILES string of the molecule is CNC1CCC(NS(=O)(=O)CS(C)(=O)=O)CC1. The first kappa shape index (κ1) is 14.9. The van der Waals surface area contributed by atoms with E-state index in [9.17, 15) is 16.8 Å². The molecule has 102 valence electrons. The van der Waals surface area contributed by atoms with E-state index in [1.54, 1.807) is 0 Å². The lowest BCUT2D eigenvalue weighted by Gasteiger charge is -2.28. The van der Waals surface area contributed by atoms with Crippen LogP contribution in [0.15, 0.2) is 0 Å². The Labute approximate surface area is 103 Å². The highest BCUT2D eigenvalue weighted by molar-refractivity contribution is 8.06. The van der Waals surface area contributed by atoms with Gasteiger partial charge in [0.05, 0.1) is 0 Å². The largest absolute Gasteiger partial charge is 0.317 e. The molecular formula is C9H20N2O4S2. The molecule has 1 aliphatic rings. The molecule has 0 amide bonds. The summed E-state index contributed by atoms with van der Waals surface area (Å²) in [5.74, 6) is 0. The smallest absolute Gasteiger partial charge is 0.226 e. The molecule has 0 radical (unpaired) electrons. The van der Waals surface area contributed by atoms with Crippen LogP contribution in [-0.4, -0.2) is 47.3 Å². The summed E-state index contributed by atoms with van der Waals surface area (Å²) in [7, 11) is -5.34. The van der Waals surface area contributed by atoms with Crippen molar-refractivity contribution in [1.82, 2.24) is 10.0 Å². The van der Waals surface area contributed by atoms with Gasteiger partial charge in [0.2, 0.25) is 10.0 Å². The second-order valence-electron chi connectivity index (χ2n) is 4.61. The highest BCUT2D eigenvalue weighted by atomic mass is 32.3. The lowest BCUT2D eigenvalue weighted by molar-refractivity contribution is 0.343. The average molecular weight is 284 g/mol. The molecule has 6 nitrogen and oxygen atoms in total. The molecule has 0 bridgehead atoms. The van der Waals surface area contributed by atoms with E-state index < -0.39 is 24.9 Å². The minimum Gasteiger partial charge on any atom is -0.317 e. The molecule has 0 atom stereocenters. The molecule has 0 aliphatic heterocycles. The zero-order chi connectivity index (χ0) is 13.1. The van der Waals surface area contributed by atoms with Crippen LogP contribution in [0, 0.1) is 0 Å². The summed E-state index contributed by atoms with van der Waals surface area (Å²) in [6.07, 6.45) is 4.22. The van der Waals surface area contributed by atoms with Crippen molar-refractivity contribution in [2.75, 3.05) is 18.4 Å². The maximum atomic E-state index is 11.6. The predicted molar refractivity (Wildman–Crippen MR) is 66.9 cm³/mol. The van der Waals surface area contributed by atoms with E-state index in [-0.39, 0.29) is 6.04 Å². The van der Waals surface area contributed by atoms with Crippen LogP contribution in [-0.2, 0) is 19.9 Å². The highest BCUT2D eigenvalue weighted by Crippen LogP contribution is 2.19. The second-order valence-corrected chi connectivity index (χ2v) is 8.87. The number of sulfonamides is 1. The van der Waals surface area contributed by atoms with E-state index >= 15 is 0 Å². The molecular weight excluding hydrogens is 264 g/mol. The van der Waals surface area contributed by atoms with Crippen molar-refractivity contribution < 1.29 is 16.8 Å². The minimum atomic E-state index is -3.72. The Morgan fingerprint density at radius 1 is 1.00 bits per heavy atom. The molecule has 0 aromatic carbocycles. The summed E-state index contributed by atoms with van der Waals surface area (Å²) in [6, 6.07) is 0.303. The summed E-state index contributed by atoms with van der Waals surface area (Å²) < 4.78 is 47.5. The first-order valence-corrected chi connectivity index (χ1v) is 9.28. The van der Waals surface area contributed by atoms with Crippen molar-refractivity contribution >= 4 is 19.9 Å². The molecule has 0 unspecified atom stereocenters. The Balaban J connectivity index is 2.50. The van der Waals surface area contributed by atoms with Crippen molar-refractivity contribution in [3.05, 3.63) is 0 Å². The van der Waals surface area contributed by atoms with Crippen LogP contribution >= 0.6 is 0 Å². The fraction of sp³-hybridized carbons (Fsp3) is 1.00. The predicted octanol–water partition coefficient (Wildman–Crippen LogP) is -0.561. The van der Waals surface area contributed by atoms with Gasteiger partial charge in [0.15, 0.2) is 14.9 Å². The third-order valence-corrected chi connectivity index (χ3v) is 6.50. The maximum absolute atomic E-state index is 11.6. The Morgan fingerprint density at radius 2 is 1.47 bits per heavy atom. The summed E-state index contributed by atoms with van der Waals surface area (Å²) in [6.45, 7) is 0. The standard InChI is InChI=1S/C9H20N2O4S2/c1-10-8-3-5-9(6-4-8)11-17(14,15)7-16(2,12)13/h8-11H,3-7H2,1-2H3. The Kier molecular flexibility index (Phi) is 4.94. The Morgan fingerprint density at radius 3 is 1.88 bits per heavy atom. The summed E-state index contributed by atoms with van der Waals surface area (Å²) >= 11 is 0. The van der Waals surface area contributed by atoms with E-state index in [0.29, 0.717) is 6.04 Å². The molecule has 1 saturated carbocycles. The number of sulfone groups is 1. The number of hydrogen-bond acceptors (Lipinski definition) is 5. The molecule has 0 aromatic rings. The quantitative estimate of drug-likeness (QED) is 0.706. The molecule has 2 N–H and O–H groups in total. The van der Waals surface area contributed by atoms with Crippen molar-refractivity contribution in [2.24, 2.45) is 0 Å². The monoisotopic (exact) mass is 284 g/mol. The van der Waals surface area contributed by atoms with Gasteiger partial charge in [0.25, 0.3) is 0 Å². The van der Waals surface area contributed by atoms with Crippen LogP contribution in [0.4, 0.5) is 0 Å². The van der Waals surface area contributed by atoms with Crippen LogP contribution in [0.2, 0.25) is 0 Å². The normalized spacial score (nSPS) is 26.9. The molecule has 8 heteroatoms. The van der Waals surface area contributed by atoms with Crippen molar-refractivity contribution in [2.45, 2.75) is 37.8 Å². The fourth-order valence-corrected chi connectivity index (χ4v) is 5.34. The lowest BCUT2D eigenvalue weighted by atomic mass is 9.92. The van der Waals surface area contributed by atoms with Gasteiger partial charge in [-0.15, -0.1) is 0 Å². The highest BCUT2D eigenvalue weighted by Gasteiger charge is 2.26.